The molecular weight excluding hydrogens is 442 g/mol. The van der Waals surface area contributed by atoms with Crippen molar-refractivity contribution in [2.75, 3.05) is 33.4 Å². The number of hydrogen-bond acceptors (Lipinski definition) is 7. The Balaban J connectivity index is 1.63. The fraction of sp³-hybridized carbons (Fsp3) is 0.375. The lowest BCUT2D eigenvalue weighted by Crippen LogP contribution is -2.35. The third-order valence-corrected chi connectivity index (χ3v) is 6.21. The number of rotatable bonds is 6. The molecule has 33 heavy (non-hydrogen) atoms. The molecule has 5 rings (SSSR count). The maximum Gasteiger partial charge on any atom is 0.196 e. The summed E-state index contributed by atoms with van der Waals surface area (Å²) in [5.74, 6) is 1.29. The summed E-state index contributed by atoms with van der Waals surface area (Å²) < 4.78 is 18.6. The van der Waals surface area contributed by atoms with Crippen LogP contribution in [0.5, 0.6) is 5.75 Å². The van der Waals surface area contributed by atoms with Crippen LogP contribution in [-0.4, -0.2) is 64.2 Å². The van der Waals surface area contributed by atoms with Crippen LogP contribution >= 0.6 is 11.6 Å². The quantitative estimate of drug-likeness (QED) is 0.395. The molecule has 1 fully saturated rings. The van der Waals surface area contributed by atoms with Gasteiger partial charge in [0, 0.05) is 32.3 Å². The topological polar surface area (TPSA) is 74.0 Å². The van der Waals surface area contributed by atoms with E-state index in [1.807, 2.05) is 30.4 Å². The standard InChI is InChI=1S/C24H26ClN5O3/c1-15-23-27-28-24(19-13-18(5-6-20(19)25)33-16(2)31-3)30(23)22-12-17(4-7-21(22)26-15)14-29-8-10-32-11-9-29/h4-7,12-13,16H,8-11,14H2,1-3H3. The van der Waals surface area contributed by atoms with Gasteiger partial charge in [0.25, 0.3) is 0 Å². The predicted octanol–water partition coefficient (Wildman–Crippen LogP) is 4.11. The second kappa shape index (κ2) is 9.23. The molecule has 4 aromatic rings. The number of nitrogens with zero attached hydrogens (tertiary/aromatic N) is 5. The summed E-state index contributed by atoms with van der Waals surface area (Å²) in [5.41, 5.74) is 5.26. The first-order chi connectivity index (χ1) is 16.0. The normalized spacial score (nSPS) is 15.9. The lowest BCUT2D eigenvalue weighted by Gasteiger charge is -2.26. The van der Waals surface area contributed by atoms with Gasteiger partial charge >= 0.3 is 0 Å². The molecular formula is C24H26ClN5O3. The Morgan fingerprint density at radius 3 is 2.73 bits per heavy atom. The average molecular weight is 468 g/mol. The van der Waals surface area contributed by atoms with E-state index in [1.165, 1.54) is 5.56 Å². The van der Waals surface area contributed by atoms with Crippen molar-refractivity contribution in [2.24, 2.45) is 0 Å². The highest BCUT2D eigenvalue weighted by molar-refractivity contribution is 6.33. The summed E-state index contributed by atoms with van der Waals surface area (Å²) in [7, 11) is 1.60. The van der Waals surface area contributed by atoms with Gasteiger partial charge in [-0.25, -0.2) is 4.98 Å². The predicted molar refractivity (Wildman–Crippen MR) is 127 cm³/mol. The van der Waals surface area contributed by atoms with Gasteiger partial charge in [0.15, 0.2) is 17.8 Å². The molecule has 172 valence electrons. The van der Waals surface area contributed by atoms with Crippen molar-refractivity contribution < 1.29 is 14.2 Å². The third-order valence-electron chi connectivity index (χ3n) is 5.88. The molecule has 0 saturated carbocycles. The van der Waals surface area contributed by atoms with Gasteiger partial charge in [0.05, 0.1) is 35.0 Å². The van der Waals surface area contributed by atoms with E-state index in [0.29, 0.717) is 22.2 Å². The van der Waals surface area contributed by atoms with Crippen LogP contribution in [-0.2, 0) is 16.0 Å². The van der Waals surface area contributed by atoms with Crippen LogP contribution in [0.3, 0.4) is 0 Å². The molecule has 0 N–H and O–H groups in total. The molecule has 0 bridgehead atoms. The van der Waals surface area contributed by atoms with Crippen molar-refractivity contribution in [3.63, 3.8) is 0 Å². The van der Waals surface area contributed by atoms with Gasteiger partial charge in [-0.15, -0.1) is 10.2 Å². The maximum atomic E-state index is 6.61. The number of methoxy groups -OCH3 is 1. The zero-order valence-corrected chi connectivity index (χ0v) is 19.7. The van der Waals surface area contributed by atoms with Crippen molar-refractivity contribution in [1.29, 1.82) is 0 Å². The lowest BCUT2D eigenvalue weighted by molar-refractivity contribution is -0.0382. The van der Waals surface area contributed by atoms with Crippen LogP contribution in [0, 0.1) is 6.92 Å². The molecule has 1 saturated heterocycles. The molecule has 1 aliphatic rings. The largest absolute Gasteiger partial charge is 0.465 e. The fourth-order valence-electron chi connectivity index (χ4n) is 4.10. The van der Waals surface area contributed by atoms with Crippen molar-refractivity contribution in [2.45, 2.75) is 26.7 Å². The number of aromatic nitrogens is 4. The second-order valence-corrected chi connectivity index (χ2v) is 8.56. The number of morpholine rings is 1. The van der Waals surface area contributed by atoms with E-state index in [9.17, 15) is 0 Å². The van der Waals surface area contributed by atoms with Crippen molar-refractivity contribution in [1.82, 2.24) is 24.5 Å². The van der Waals surface area contributed by atoms with Gasteiger partial charge in [-0.1, -0.05) is 17.7 Å². The molecule has 1 unspecified atom stereocenters. The summed E-state index contributed by atoms with van der Waals surface area (Å²) in [4.78, 5) is 7.15. The molecule has 1 aliphatic heterocycles. The van der Waals surface area contributed by atoms with E-state index in [4.69, 9.17) is 30.8 Å². The summed E-state index contributed by atoms with van der Waals surface area (Å²) in [5, 5.41) is 9.50. The second-order valence-electron chi connectivity index (χ2n) is 8.15. The highest BCUT2D eigenvalue weighted by atomic mass is 35.5. The van der Waals surface area contributed by atoms with E-state index in [0.717, 1.165) is 55.1 Å². The fourth-order valence-corrected chi connectivity index (χ4v) is 4.30. The van der Waals surface area contributed by atoms with Crippen LogP contribution < -0.4 is 4.74 Å². The highest BCUT2D eigenvalue weighted by Crippen LogP contribution is 2.33. The first-order valence-electron chi connectivity index (χ1n) is 11.0. The molecule has 2 aromatic carbocycles. The van der Waals surface area contributed by atoms with Crippen molar-refractivity contribution >= 4 is 28.3 Å². The van der Waals surface area contributed by atoms with E-state index in [-0.39, 0.29) is 6.29 Å². The van der Waals surface area contributed by atoms with E-state index in [1.54, 1.807) is 13.2 Å². The van der Waals surface area contributed by atoms with Crippen LogP contribution in [0.1, 0.15) is 18.2 Å². The van der Waals surface area contributed by atoms with E-state index < -0.39 is 0 Å². The summed E-state index contributed by atoms with van der Waals surface area (Å²) in [6.45, 7) is 8.03. The summed E-state index contributed by atoms with van der Waals surface area (Å²) >= 11 is 6.61. The molecule has 3 heterocycles. The molecule has 2 aromatic heterocycles. The minimum Gasteiger partial charge on any atom is -0.465 e. The summed E-state index contributed by atoms with van der Waals surface area (Å²) in [6.07, 6.45) is -0.385. The summed E-state index contributed by atoms with van der Waals surface area (Å²) in [6, 6.07) is 11.8. The smallest absolute Gasteiger partial charge is 0.196 e. The molecule has 8 nitrogen and oxygen atoms in total. The van der Waals surface area contributed by atoms with E-state index >= 15 is 0 Å². The Kier molecular flexibility index (Phi) is 6.16. The monoisotopic (exact) mass is 467 g/mol. The molecule has 9 heteroatoms. The zero-order valence-electron chi connectivity index (χ0n) is 18.9. The third kappa shape index (κ3) is 4.39. The molecule has 0 amide bonds. The van der Waals surface area contributed by atoms with Gasteiger partial charge in [-0.2, -0.15) is 0 Å². The first kappa shape index (κ1) is 22.0. The Morgan fingerprint density at radius 2 is 1.94 bits per heavy atom. The van der Waals surface area contributed by atoms with Gasteiger partial charge in [-0.05, 0) is 49.7 Å². The Labute approximate surface area is 197 Å². The molecule has 0 aliphatic carbocycles. The van der Waals surface area contributed by atoms with E-state index in [2.05, 4.69) is 33.3 Å². The average Bonchev–Trinajstić information content (AvgIpc) is 3.27. The Bertz CT molecular complexity index is 1300. The lowest BCUT2D eigenvalue weighted by atomic mass is 10.1. The first-order valence-corrected chi connectivity index (χ1v) is 11.3. The van der Waals surface area contributed by atoms with Gasteiger partial charge in [-0.3, -0.25) is 9.30 Å². The van der Waals surface area contributed by atoms with Gasteiger partial charge in [0.2, 0.25) is 0 Å². The number of benzene rings is 2. The number of fused-ring (bicyclic) bond motifs is 3. The SMILES string of the molecule is COC(C)Oc1ccc(Cl)c(-c2nnc3c(C)nc4ccc(CN5CCOCC5)cc4n23)c1. The molecule has 0 spiro atoms. The van der Waals surface area contributed by atoms with Crippen molar-refractivity contribution in [3.05, 3.63) is 52.7 Å². The highest BCUT2D eigenvalue weighted by Gasteiger charge is 2.19. The van der Waals surface area contributed by atoms with Gasteiger partial charge in [0.1, 0.15) is 5.75 Å². The number of halogens is 1. The van der Waals surface area contributed by atoms with Crippen molar-refractivity contribution in [3.8, 4) is 17.1 Å². The van der Waals surface area contributed by atoms with Crippen LogP contribution in [0.25, 0.3) is 28.1 Å². The Morgan fingerprint density at radius 1 is 1.12 bits per heavy atom. The zero-order chi connectivity index (χ0) is 22.9. The Hall–Kier alpha value is -2.78. The number of ether oxygens (including phenoxy) is 3. The van der Waals surface area contributed by atoms with Crippen LogP contribution in [0.4, 0.5) is 0 Å². The van der Waals surface area contributed by atoms with Crippen LogP contribution in [0.15, 0.2) is 36.4 Å². The number of aryl methyl sites for hydroxylation is 1. The minimum atomic E-state index is -0.385. The molecule has 0 radical (unpaired) electrons. The minimum absolute atomic E-state index is 0.385. The van der Waals surface area contributed by atoms with Gasteiger partial charge < -0.3 is 14.2 Å². The molecule has 1 atom stereocenters. The maximum absolute atomic E-state index is 6.61. The van der Waals surface area contributed by atoms with Crippen LogP contribution in [0.2, 0.25) is 5.02 Å². The number of hydrogen-bond donors (Lipinski definition) is 0.